The zero-order valence-corrected chi connectivity index (χ0v) is 38.2. The van der Waals surface area contributed by atoms with Crippen molar-refractivity contribution in [2.45, 2.75) is 65.2 Å². The molecule has 2 aliphatic heterocycles. The van der Waals surface area contributed by atoms with Gasteiger partial charge in [-0.2, -0.15) is 0 Å². The highest BCUT2D eigenvalue weighted by Crippen LogP contribution is 2.33. The van der Waals surface area contributed by atoms with Crippen LogP contribution in [0, 0.1) is 0 Å². The molecule has 3 aromatic heterocycles. The summed E-state index contributed by atoms with van der Waals surface area (Å²) in [6, 6.07) is 6.57. The van der Waals surface area contributed by atoms with E-state index < -0.39 is 11.8 Å². The van der Waals surface area contributed by atoms with Gasteiger partial charge in [-0.15, -0.1) is 10.2 Å². The molecule has 0 spiro atoms. The number of rotatable bonds is 20. The molecule has 3 amide bonds. The van der Waals surface area contributed by atoms with Gasteiger partial charge in [0.25, 0.3) is 5.91 Å². The molecule has 0 aliphatic carbocycles. The lowest BCUT2D eigenvalue weighted by atomic mass is 9.95. The first-order chi connectivity index (χ1) is 32.0. The third kappa shape index (κ3) is 10.4. The van der Waals surface area contributed by atoms with Crippen LogP contribution in [0.25, 0.3) is 22.1 Å². The van der Waals surface area contributed by atoms with E-state index in [9.17, 15) is 19.2 Å². The van der Waals surface area contributed by atoms with Gasteiger partial charge in [0.2, 0.25) is 23.7 Å². The monoisotopic (exact) mass is 905 g/mol. The highest BCUT2D eigenvalue weighted by Gasteiger charge is 2.30. The first-order valence-corrected chi connectivity index (χ1v) is 22.2. The van der Waals surface area contributed by atoms with E-state index in [-0.39, 0.29) is 29.7 Å². The first kappa shape index (κ1) is 46.9. The molecule has 0 radical (unpaired) electrons. The van der Waals surface area contributed by atoms with Crippen LogP contribution in [0.2, 0.25) is 0 Å². The first-order valence-electron chi connectivity index (χ1n) is 22.2. The maximum absolute atomic E-state index is 13.5. The SMILES string of the molecule is CCN=C(/C=C(/C)N)C(=O)Nc1nc2cc(C(N)=O)cc(OC)c2n1C/C=C/Cn1c(NC)nc2cc(C=O)cc(OCCCN3CCC(c4nnc5n4CCN(C(=O)CNC)C5)CC3)c21. The maximum atomic E-state index is 13.5. The molecule has 1 saturated heterocycles. The van der Waals surface area contributed by atoms with Gasteiger partial charge >= 0.3 is 0 Å². The van der Waals surface area contributed by atoms with Crippen molar-refractivity contribution in [3.05, 3.63) is 71.0 Å². The molecule has 0 unspecified atom stereocenters. The Labute approximate surface area is 382 Å². The molecule has 7 rings (SSSR count). The van der Waals surface area contributed by atoms with E-state index in [1.54, 1.807) is 43.8 Å². The number of aliphatic imine (C=N–C) groups is 1. The lowest BCUT2D eigenvalue weighted by Crippen LogP contribution is -2.42. The topological polar surface area (TPSA) is 260 Å². The fourth-order valence-electron chi connectivity index (χ4n) is 8.54. The number of allylic oxidation sites excluding steroid dienone is 3. The number of nitrogens with zero attached hydrogens (tertiary/aromatic N) is 10. The molecule has 2 aromatic carbocycles. The van der Waals surface area contributed by atoms with E-state index in [2.05, 4.69) is 45.6 Å². The van der Waals surface area contributed by atoms with Gasteiger partial charge in [-0.25, -0.2) is 9.97 Å². The number of carbonyl (C=O) groups excluding carboxylic acids is 4. The van der Waals surface area contributed by atoms with Gasteiger partial charge in [-0.05, 0) is 83.6 Å². The molecular formula is C45H59N15O6. The van der Waals surface area contributed by atoms with Crippen molar-refractivity contribution < 1.29 is 28.7 Å². The summed E-state index contributed by atoms with van der Waals surface area (Å²) in [6.45, 7) is 9.75. The van der Waals surface area contributed by atoms with Crippen LogP contribution in [-0.4, -0.2) is 140 Å². The molecule has 66 heavy (non-hydrogen) atoms. The van der Waals surface area contributed by atoms with Crippen LogP contribution in [0.3, 0.4) is 0 Å². The molecule has 5 aromatic rings. The lowest BCUT2D eigenvalue weighted by Gasteiger charge is -2.33. The number of anilines is 2. The number of carbonyl (C=O) groups is 4. The molecule has 0 bridgehead atoms. The molecule has 7 N–H and O–H groups in total. The van der Waals surface area contributed by atoms with Crippen LogP contribution < -0.4 is 36.9 Å². The van der Waals surface area contributed by atoms with Gasteiger partial charge in [-0.3, -0.25) is 29.5 Å². The second kappa shape index (κ2) is 21.2. The Hall–Kier alpha value is -7.13. The number of nitrogens with one attached hydrogen (secondary N) is 3. The smallest absolute Gasteiger partial charge is 0.276 e. The number of primary amides is 1. The van der Waals surface area contributed by atoms with Gasteiger partial charge in [-0.1, -0.05) is 12.2 Å². The summed E-state index contributed by atoms with van der Waals surface area (Å²) in [7, 11) is 5.03. The second-order valence-corrected chi connectivity index (χ2v) is 16.2. The summed E-state index contributed by atoms with van der Waals surface area (Å²) in [5, 5.41) is 18.0. The zero-order valence-electron chi connectivity index (χ0n) is 38.2. The Morgan fingerprint density at radius 2 is 1.64 bits per heavy atom. The number of aldehydes is 1. The van der Waals surface area contributed by atoms with Gasteiger partial charge < -0.3 is 55.1 Å². The van der Waals surface area contributed by atoms with Gasteiger partial charge in [0.1, 0.15) is 40.4 Å². The zero-order chi connectivity index (χ0) is 46.9. The number of likely N-dealkylation sites (N-methyl/N-ethyl adjacent to an activating group) is 1. The van der Waals surface area contributed by atoms with E-state index in [1.165, 1.54) is 19.3 Å². The number of fused-ring (bicyclic) bond motifs is 3. The largest absolute Gasteiger partial charge is 0.494 e. The summed E-state index contributed by atoms with van der Waals surface area (Å²) in [5.41, 5.74) is 15.0. The number of likely N-dealkylation sites (tertiary alicyclic amines) is 1. The van der Waals surface area contributed by atoms with Crippen molar-refractivity contribution in [1.82, 2.24) is 49.0 Å². The number of ether oxygens (including phenoxy) is 2. The number of hydrogen-bond donors (Lipinski definition) is 5. The fraction of sp³-hybridized carbons (Fsp3) is 0.444. The minimum atomic E-state index is -0.652. The van der Waals surface area contributed by atoms with E-state index >= 15 is 0 Å². The Morgan fingerprint density at radius 3 is 2.30 bits per heavy atom. The lowest BCUT2D eigenvalue weighted by molar-refractivity contribution is -0.131. The molecule has 2 aliphatic rings. The Morgan fingerprint density at radius 1 is 0.924 bits per heavy atom. The van der Waals surface area contributed by atoms with Gasteiger partial charge in [0.05, 0.1) is 37.8 Å². The number of piperidine rings is 1. The van der Waals surface area contributed by atoms with Crippen LogP contribution >= 0.6 is 0 Å². The minimum Gasteiger partial charge on any atom is -0.494 e. The molecule has 21 heteroatoms. The molecular weight excluding hydrogens is 847 g/mol. The molecule has 1 fully saturated rings. The molecule has 5 heterocycles. The molecule has 0 atom stereocenters. The van der Waals surface area contributed by atoms with Crippen molar-refractivity contribution in [3.63, 3.8) is 0 Å². The minimum absolute atomic E-state index is 0.0693. The third-order valence-corrected chi connectivity index (χ3v) is 11.7. The van der Waals surface area contributed by atoms with Crippen LogP contribution in [0.1, 0.15) is 71.4 Å². The van der Waals surface area contributed by atoms with Crippen molar-refractivity contribution in [3.8, 4) is 11.5 Å². The van der Waals surface area contributed by atoms with Gasteiger partial charge in [0, 0.05) is 69.1 Å². The highest BCUT2D eigenvalue weighted by atomic mass is 16.5. The Balaban J connectivity index is 1.03. The number of imidazole rings is 2. The summed E-state index contributed by atoms with van der Waals surface area (Å²) in [4.78, 5) is 68.2. The van der Waals surface area contributed by atoms with Crippen molar-refractivity contribution >= 4 is 63.7 Å². The average Bonchev–Trinajstić information content (AvgIpc) is 4.01. The highest BCUT2D eigenvalue weighted by molar-refractivity contribution is 6.47. The number of hydrogen-bond acceptors (Lipinski definition) is 15. The van der Waals surface area contributed by atoms with Gasteiger partial charge in [0.15, 0.2) is 5.82 Å². The van der Waals surface area contributed by atoms with E-state index in [0.717, 1.165) is 62.3 Å². The Kier molecular flexibility index (Phi) is 15.1. The Bertz CT molecular complexity index is 2680. The standard InChI is InChI=1S/C45H59N15O6/c1-6-50-34(20-28(2)46)43(64)53-45-52-33-23-31(41(47)63)24-35(65-5)39(33)60(45)14-8-7-13-59-40-32(51-44(59)49-4)21-29(27-61)22-36(40)66-19-9-12-56-15-10-30(11-16-56)42-55-54-37-26-57(17-18-58(37)42)38(62)25-48-3/h7-8,20-24,27,30,48H,6,9-19,25-26,46H2,1-5H3,(H2,47,63)(H,49,51)(H,52,53,64)/b8-7+,28-20-,50-34?. The number of methoxy groups -OCH3 is 1. The molecule has 0 saturated carbocycles. The number of nitrogens with two attached hydrogens (primary N) is 2. The number of amides is 3. The third-order valence-electron chi connectivity index (χ3n) is 11.7. The average molecular weight is 906 g/mol. The summed E-state index contributed by atoms with van der Waals surface area (Å²) in [6.07, 6.45) is 8.87. The van der Waals surface area contributed by atoms with Crippen LogP contribution in [0.4, 0.5) is 11.9 Å². The summed E-state index contributed by atoms with van der Waals surface area (Å²) < 4.78 is 18.1. The van der Waals surface area contributed by atoms with E-state index in [0.29, 0.717) is 97.1 Å². The van der Waals surface area contributed by atoms with E-state index in [4.69, 9.17) is 25.9 Å². The number of benzene rings is 2. The van der Waals surface area contributed by atoms with Crippen LogP contribution in [-0.2, 0) is 35.8 Å². The normalized spacial score (nSPS) is 15.1. The van der Waals surface area contributed by atoms with Crippen molar-refractivity contribution in [2.24, 2.45) is 16.5 Å². The summed E-state index contributed by atoms with van der Waals surface area (Å²) in [5.74, 6) is 2.75. The second-order valence-electron chi connectivity index (χ2n) is 16.2. The molecule has 350 valence electrons. The van der Waals surface area contributed by atoms with Crippen LogP contribution in [0.15, 0.2) is 53.2 Å². The predicted molar refractivity (Wildman–Crippen MR) is 251 cm³/mol. The quantitative estimate of drug-likeness (QED) is 0.0326. The van der Waals surface area contributed by atoms with E-state index in [1.807, 2.05) is 28.5 Å². The predicted octanol–water partition coefficient (Wildman–Crippen LogP) is 2.67. The number of aromatic nitrogens is 7. The maximum Gasteiger partial charge on any atom is 0.276 e. The summed E-state index contributed by atoms with van der Waals surface area (Å²) >= 11 is 0. The van der Waals surface area contributed by atoms with Crippen LogP contribution in [0.5, 0.6) is 11.5 Å². The fourth-order valence-corrected chi connectivity index (χ4v) is 8.54. The van der Waals surface area contributed by atoms with Crippen molar-refractivity contribution in [2.75, 3.05) is 77.7 Å². The van der Waals surface area contributed by atoms with Crippen molar-refractivity contribution in [1.29, 1.82) is 0 Å². The molecule has 21 nitrogen and oxygen atoms in total.